The zero-order valence-electron chi connectivity index (χ0n) is 29.3. The van der Waals surface area contributed by atoms with Crippen LogP contribution in [-0.4, -0.2) is 56.1 Å². The summed E-state index contributed by atoms with van der Waals surface area (Å²) in [5.41, 5.74) is 5.45. The van der Waals surface area contributed by atoms with Gasteiger partial charge in [-0.25, -0.2) is 14.8 Å². The van der Waals surface area contributed by atoms with E-state index in [9.17, 15) is 9.90 Å². The topological polar surface area (TPSA) is 134 Å². The van der Waals surface area contributed by atoms with Gasteiger partial charge in [0.1, 0.15) is 29.5 Å². The molecular weight excluding hydrogens is 658 g/mol. The Morgan fingerprint density at radius 1 is 0.865 bits per heavy atom. The van der Waals surface area contributed by atoms with Gasteiger partial charge in [-0.2, -0.15) is 5.10 Å². The fourth-order valence-corrected chi connectivity index (χ4v) is 6.60. The summed E-state index contributed by atoms with van der Waals surface area (Å²) in [4.78, 5) is 25.7. The normalized spacial score (nSPS) is 11.2. The third kappa shape index (κ3) is 6.78. The molecular formula is C41H39N5O6. The summed E-state index contributed by atoms with van der Waals surface area (Å²) >= 11 is 0. The number of aromatic amines is 1. The Hall–Kier alpha value is -6.20. The zero-order chi connectivity index (χ0) is 36.0. The average molecular weight is 698 g/mol. The predicted octanol–water partition coefficient (Wildman–Crippen LogP) is 7.45. The van der Waals surface area contributed by atoms with Crippen molar-refractivity contribution in [3.8, 4) is 39.8 Å². The lowest BCUT2D eigenvalue weighted by atomic mass is 9.98. The highest BCUT2D eigenvalue weighted by Gasteiger charge is 2.25. The SMILES string of the molecule is CCOC(=O)c1[nH]c2c(-c3c(COc4cnc(-c5ccccc5OC)nc4)nn(C)c3CO)cccc2c1CCCOc1cccc2ccccc12. The van der Waals surface area contributed by atoms with E-state index in [1.165, 1.54) is 0 Å². The Balaban J connectivity index is 1.17. The number of hydrogen-bond acceptors (Lipinski definition) is 9. The Morgan fingerprint density at radius 2 is 1.58 bits per heavy atom. The maximum absolute atomic E-state index is 13.3. The van der Waals surface area contributed by atoms with E-state index in [1.807, 2.05) is 66.7 Å². The molecule has 264 valence electrons. The molecule has 0 aliphatic carbocycles. The molecule has 0 unspecified atom stereocenters. The number of nitrogens with zero attached hydrogens (tertiary/aromatic N) is 4. The van der Waals surface area contributed by atoms with Crippen LogP contribution in [0, 0.1) is 0 Å². The summed E-state index contributed by atoms with van der Waals surface area (Å²) in [6, 6.07) is 27.6. The molecule has 2 N–H and O–H groups in total. The van der Waals surface area contributed by atoms with E-state index < -0.39 is 5.97 Å². The number of fused-ring (bicyclic) bond motifs is 2. The number of aliphatic hydroxyl groups is 1. The molecule has 0 saturated heterocycles. The van der Waals surface area contributed by atoms with Crippen LogP contribution in [0.3, 0.4) is 0 Å². The van der Waals surface area contributed by atoms with Gasteiger partial charge < -0.3 is 29.0 Å². The van der Waals surface area contributed by atoms with Crippen LogP contribution in [0.5, 0.6) is 17.2 Å². The third-order valence-corrected chi connectivity index (χ3v) is 9.01. The molecule has 0 aliphatic heterocycles. The van der Waals surface area contributed by atoms with Gasteiger partial charge in [-0.1, -0.05) is 66.7 Å². The first-order valence-corrected chi connectivity index (χ1v) is 17.2. The van der Waals surface area contributed by atoms with Gasteiger partial charge in [-0.3, -0.25) is 4.68 Å². The number of hydrogen-bond donors (Lipinski definition) is 2. The van der Waals surface area contributed by atoms with Crippen molar-refractivity contribution in [3.05, 3.63) is 120 Å². The van der Waals surface area contributed by atoms with Crippen molar-refractivity contribution in [2.24, 2.45) is 7.05 Å². The standard InChI is InChI=1S/C41H39N5O6/c1-4-50-41(48)39-30(18-11-21-51-36-20-9-13-26-12-5-6-14-28(26)36)29-16-10-17-32(38(29)44-39)37-33(45-46(2)34(37)24-47)25-52-27-22-42-40(43-23-27)31-15-7-8-19-35(31)49-3/h5-10,12-17,19-20,22-23,44,47H,4,11,18,21,24-25H2,1-3H3. The smallest absolute Gasteiger partial charge is 0.355 e. The summed E-state index contributed by atoms with van der Waals surface area (Å²) < 4.78 is 25.0. The van der Waals surface area contributed by atoms with Gasteiger partial charge in [-0.15, -0.1) is 0 Å². The van der Waals surface area contributed by atoms with Crippen LogP contribution >= 0.6 is 0 Å². The van der Waals surface area contributed by atoms with Crippen LogP contribution < -0.4 is 14.2 Å². The molecule has 0 amide bonds. The fourth-order valence-electron chi connectivity index (χ4n) is 6.60. The number of aromatic nitrogens is 5. The van der Waals surface area contributed by atoms with Crippen molar-refractivity contribution in [1.82, 2.24) is 24.7 Å². The summed E-state index contributed by atoms with van der Waals surface area (Å²) in [6.07, 6.45) is 4.46. The Bertz CT molecular complexity index is 2340. The molecule has 11 nitrogen and oxygen atoms in total. The van der Waals surface area contributed by atoms with Crippen LogP contribution in [0.2, 0.25) is 0 Å². The van der Waals surface area contributed by atoms with Crippen molar-refractivity contribution in [2.45, 2.75) is 33.0 Å². The monoisotopic (exact) mass is 697 g/mol. The molecule has 11 heteroatoms. The Morgan fingerprint density at radius 3 is 2.38 bits per heavy atom. The minimum absolute atomic E-state index is 0.0841. The highest BCUT2D eigenvalue weighted by Crippen LogP contribution is 2.37. The van der Waals surface area contributed by atoms with Crippen molar-refractivity contribution in [3.63, 3.8) is 0 Å². The third-order valence-electron chi connectivity index (χ3n) is 9.01. The summed E-state index contributed by atoms with van der Waals surface area (Å²) in [7, 11) is 3.39. The van der Waals surface area contributed by atoms with Crippen molar-refractivity contribution >= 4 is 27.6 Å². The lowest BCUT2D eigenvalue weighted by Gasteiger charge is -2.10. The van der Waals surface area contributed by atoms with E-state index >= 15 is 0 Å². The van der Waals surface area contributed by atoms with Crippen LogP contribution in [0.25, 0.3) is 44.2 Å². The van der Waals surface area contributed by atoms with Crippen molar-refractivity contribution in [1.29, 1.82) is 0 Å². The van der Waals surface area contributed by atoms with Gasteiger partial charge in [0.15, 0.2) is 11.6 Å². The summed E-state index contributed by atoms with van der Waals surface area (Å²) in [6.45, 7) is 2.32. The van der Waals surface area contributed by atoms with E-state index in [-0.39, 0.29) is 19.8 Å². The molecule has 7 rings (SSSR count). The quantitative estimate of drug-likeness (QED) is 0.0878. The number of carbonyl (C=O) groups is 1. The molecule has 0 atom stereocenters. The second-order valence-corrected chi connectivity index (χ2v) is 12.1. The molecule has 7 aromatic rings. The minimum Gasteiger partial charge on any atom is -0.496 e. The van der Waals surface area contributed by atoms with Gasteiger partial charge in [-0.05, 0) is 48.9 Å². The number of nitrogens with one attached hydrogen (secondary N) is 1. The molecule has 0 bridgehead atoms. The number of carbonyl (C=O) groups excluding carboxylic acids is 1. The summed E-state index contributed by atoms with van der Waals surface area (Å²) in [5.74, 6) is 2.04. The first-order chi connectivity index (χ1) is 25.5. The van der Waals surface area contributed by atoms with Crippen LogP contribution in [0.4, 0.5) is 0 Å². The predicted molar refractivity (Wildman–Crippen MR) is 198 cm³/mol. The van der Waals surface area contributed by atoms with Gasteiger partial charge >= 0.3 is 5.97 Å². The fraction of sp³-hybridized carbons (Fsp3) is 0.220. The molecule has 3 aromatic heterocycles. The van der Waals surface area contributed by atoms with Gasteiger partial charge in [0.2, 0.25) is 0 Å². The number of methoxy groups -OCH3 is 1. The maximum atomic E-state index is 13.3. The second-order valence-electron chi connectivity index (χ2n) is 12.1. The summed E-state index contributed by atoms with van der Waals surface area (Å²) in [5, 5.41) is 18.3. The van der Waals surface area contributed by atoms with Crippen LogP contribution in [0.15, 0.2) is 97.3 Å². The minimum atomic E-state index is -0.427. The molecule has 52 heavy (non-hydrogen) atoms. The number of para-hydroxylation sites is 2. The molecule has 0 saturated carbocycles. The van der Waals surface area contributed by atoms with Crippen molar-refractivity contribution < 1.29 is 28.8 Å². The number of aryl methyl sites for hydroxylation is 2. The molecule has 4 aromatic carbocycles. The van der Waals surface area contributed by atoms with E-state index in [0.717, 1.165) is 44.1 Å². The molecule has 0 fully saturated rings. The average Bonchev–Trinajstić information content (AvgIpc) is 3.72. The van der Waals surface area contributed by atoms with Gasteiger partial charge in [0, 0.05) is 28.9 Å². The molecule has 0 spiro atoms. The lowest BCUT2D eigenvalue weighted by molar-refractivity contribution is 0.0519. The van der Waals surface area contributed by atoms with Crippen molar-refractivity contribution in [2.75, 3.05) is 20.3 Å². The van der Waals surface area contributed by atoms with E-state index in [0.29, 0.717) is 59.4 Å². The Kier molecular flexibility index (Phi) is 10.1. The van der Waals surface area contributed by atoms with Gasteiger partial charge in [0.05, 0.1) is 56.1 Å². The first-order valence-electron chi connectivity index (χ1n) is 17.2. The first kappa shape index (κ1) is 34.3. The second kappa shape index (κ2) is 15.4. The van der Waals surface area contributed by atoms with Crippen LogP contribution in [0.1, 0.15) is 40.8 Å². The van der Waals surface area contributed by atoms with Gasteiger partial charge in [0.25, 0.3) is 0 Å². The molecule has 0 aliphatic rings. The number of benzene rings is 4. The van der Waals surface area contributed by atoms with E-state index in [1.54, 1.807) is 38.2 Å². The largest absolute Gasteiger partial charge is 0.496 e. The lowest BCUT2D eigenvalue weighted by Crippen LogP contribution is -2.09. The number of H-pyrrole nitrogens is 1. The number of esters is 1. The Labute approximate surface area is 300 Å². The highest BCUT2D eigenvalue weighted by atomic mass is 16.5. The number of ether oxygens (including phenoxy) is 4. The highest BCUT2D eigenvalue weighted by molar-refractivity contribution is 6.04. The van der Waals surface area contributed by atoms with E-state index in [2.05, 4.69) is 33.2 Å². The number of rotatable bonds is 14. The maximum Gasteiger partial charge on any atom is 0.355 e. The number of aliphatic hydroxyl groups excluding tert-OH is 1. The molecule has 3 heterocycles. The van der Waals surface area contributed by atoms with Crippen LogP contribution in [-0.2, 0) is 31.4 Å². The van der Waals surface area contributed by atoms with E-state index in [4.69, 9.17) is 24.0 Å². The zero-order valence-corrected chi connectivity index (χ0v) is 29.3. The molecule has 0 radical (unpaired) electrons.